The van der Waals surface area contributed by atoms with E-state index < -0.39 is 10.4 Å². The summed E-state index contributed by atoms with van der Waals surface area (Å²) >= 11 is 0. The number of carbonyl (C=O) groups is 1. The highest BCUT2D eigenvalue weighted by Gasteiger charge is 2.05. The van der Waals surface area contributed by atoms with Gasteiger partial charge in [-0.3, -0.25) is 19.3 Å². The number of hydrogen-bond acceptors (Lipinski definition) is 8. The highest BCUT2D eigenvalue weighted by atomic mass is 32.3. The van der Waals surface area contributed by atoms with Gasteiger partial charge in [0.25, 0.3) is 5.91 Å². The minimum Gasteiger partial charge on any atom is -0.508 e. The van der Waals surface area contributed by atoms with Gasteiger partial charge >= 0.3 is 10.4 Å². The summed E-state index contributed by atoms with van der Waals surface area (Å²) in [5.74, 6) is 0.0475. The third-order valence-corrected chi connectivity index (χ3v) is 4.40. The molecule has 3 rings (SSSR count). The highest BCUT2D eigenvalue weighted by molar-refractivity contribution is 7.79. The number of hydrogen-bond donors (Lipinski definition) is 6. The predicted octanol–water partition coefficient (Wildman–Crippen LogP) is 3.44. The Balaban J connectivity index is 0.000000784. The first-order valence-corrected chi connectivity index (χ1v) is 11.4. The SMILES string of the molecule is C/C(=N/NC(=O)c1ccc(N/N=C(/C)c2ccc(O)cc2)cc1)c1ccc(O)cc1.O=S(=O)(O)O. The van der Waals surface area contributed by atoms with Gasteiger partial charge in [0.05, 0.1) is 17.1 Å². The molecule has 0 aliphatic rings. The van der Waals surface area contributed by atoms with Crippen LogP contribution in [0.3, 0.4) is 0 Å². The average Bonchev–Trinajstić information content (AvgIpc) is 2.81. The van der Waals surface area contributed by atoms with Gasteiger partial charge in [-0.2, -0.15) is 18.6 Å². The summed E-state index contributed by atoms with van der Waals surface area (Å²) in [6.07, 6.45) is 0. The number of anilines is 1. The maximum absolute atomic E-state index is 12.3. The number of phenolic OH excluding ortho intramolecular Hbond substituents is 2. The van der Waals surface area contributed by atoms with Gasteiger partial charge in [-0.15, -0.1) is 0 Å². The minimum absolute atomic E-state index is 0.173. The summed E-state index contributed by atoms with van der Waals surface area (Å²) in [4.78, 5) is 12.3. The third kappa shape index (κ3) is 10.0. The van der Waals surface area contributed by atoms with Gasteiger partial charge in [0.1, 0.15) is 11.5 Å². The molecule has 0 aliphatic heterocycles. The molecule has 0 fully saturated rings. The highest BCUT2D eigenvalue weighted by Crippen LogP contribution is 2.13. The number of nitrogens with one attached hydrogen (secondary N) is 2. The maximum atomic E-state index is 12.3. The summed E-state index contributed by atoms with van der Waals surface area (Å²) in [6, 6.07) is 20.2. The summed E-state index contributed by atoms with van der Waals surface area (Å²) in [5, 5.41) is 27.1. The zero-order chi connectivity index (χ0) is 26.0. The van der Waals surface area contributed by atoms with E-state index in [9.17, 15) is 15.0 Å². The zero-order valence-electron chi connectivity index (χ0n) is 18.7. The van der Waals surface area contributed by atoms with Gasteiger partial charge < -0.3 is 10.2 Å². The lowest BCUT2D eigenvalue weighted by molar-refractivity contribution is 0.0954. The van der Waals surface area contributed by atoms with Gasteiger partial charge in [0.2, 0.25) is 0 Å². The molecule has 0 saturated carbocycles. The van der Waals surface area contributed by atoms with Crippen molar-refractivity contribution in [2.75, 3.05) is 5.43 Å². The summed E-state index contributed by atoms with van der Waals surface area (Å²) < 4.78 is 31.6. The van der Waals surface area contributed by atoms with Crippen molar-refractivity contribution in [1.29, 1.82) is 0 Å². The van der Waals surface area contributed by atoms with Crippen molar-refractivity contribution in [3.05, 3.63) is 89.5 Å². The fourth-order valence-electron chi connectivity index (χ4n) is 2.58. The Bertz CT molecular complexity index is 1300. The zero-order valence-corrected chi connectivity index (χ0v) is 19.6. The van der Waals surface area contributed by atoms with Crippen molar-refractivity contribution in [1.82, 2.24) is 5.43 Å². The largest absolute Gasteiger partial charge is 0.508 e. The molecular formula is C23H24N4O7S. The van der Waals surface area contributed by atoms with Gasteiger partial charge in [-0.1, -0.05) is 0 Å². The molecule has 3 aromatic rings. The van der Waals surface area contributed by atoms with Gasteiger partial charge in [0.15, 0.2) is 0 Å². The van der Waals surface area contributed by atoms with E-state index in [2.05, 4.69) is 21.1 Å². The standard InChI is InChI=1S/C23H22N4O3.H2O4S/c1-15(17-5-11-21(28)12-6-17)24-26-20-9-3-19(4-10-20)23(30)27-25-16(2)18-7-13-22(29)14-8-18;1-5(2,3)4/h3-14,26,28-29H,1-2H3,(H,27,30);(H2,1,2,3,4)/b24-15-,25-16-;. The lowest BCUT2D eigenvalue weighted by Gasteiger charge is -2.06. The second kappa shape index (κ2) is 12.3. The van der Waals surface area contributed by atoms with E-state index in [4.69, 9.17) is 17.5 Å². The van der Waals surface area contributed by atoms with Crippen molar-refractivity contribution in [2.45, 2.75) is 13.8 Å². The number of aromatic hydroxyl groups is 2. The number of rotatable bonds is 6. The van der Waals surface area contributed by atoms with E-state index in [1.807, 2.05) is 6.92 Å². The maximum Gasteiger partial charge on any atom is 0.394 e. The van der Waals surface area contributed by atoms with E-state index in [0.717, 1.165) is 22.5 Å². The van der Waals surface area contributed by atoms with Gasteiger partial charge in [-0.25, -0.2) is 5.43 Å². The number of phenols is 2. The molecule has 6 N–H and O–H groups in total. The Hall–Kier alpha value is -4.26. The van der Waals surface area contributed by atoms with Crippen molar-refractivity contribution < 1.29 is 32.5 Å². The molecule has 0 unspecified atom stereocenters. The lowest BCUT2D eigenvalue weighted by atomic mass is 10.1. The van der Waals surface area contributed by atoms with Crippen LogP contribution in [0.4, 0.5) is 5.69 Å². The van der Waals surface area contributed by atoms with Crippen LogP contribution in [0.15, 0.2) is 83.0 Å². The molecule has 3 aromatic carbocycles. The van der Waals surface area contributed by atoms with Crippen LogP contribution in [0.2, 0.25) is 0 Å². The van der Waals surface area contributed by atoms with E-state index in [-0.39, 0.29) is 17.4 Å². The first-order valence-electron chi connectivity index (χ1n) is 9.96. The molecular weight excluding hydrogens is 476 g/mol. The van der Waals surface area contributed by atoms with Crippen LogP contribution in [0.25, 0.3) is 0 Å². The summed E-state index contributed by atoms with van der Waals surface area (Å²) in [5.41, 5.74) is 9.74. The number of benzene rings is 3. The Morgan fingerprint density at radius 2 is 1.06 bits per heavy atom. The van der Waals surface area contributed by atoms with Crippen LogP contribution in [0.5, 0.6) is 11.5 Å². The van der Waals surface area contributed by atoms with Crippen LogP contribution < -0.4 is 10.9 Å². The fraction of sp³-hybridized carbons (Fsp3) is 0.0870. The molecule has 0 aliphatic carbocycles. The van der Waals surface area contributed by atoms with E-state index in [1.165, 1.54) is 0 Å². The Morgan fingerprint density at radius 1 is 0.686 bits per heavy atom. The first-order chi connectivity index (χ1) is 16.4. The monoisotopic (exact) mass is 500 g/mol. The molecule has 0 saturated heterocycles. The van der Waals surface area contributed by atoms with E-state index >= 15 is 0 Å². The van der Waals surface area contributed by atoms with Gasteiger partial charge in [-0.05, 0) is 97.8 Å². The summed E-state index contributed by atoms with van der Waals surface area (Å²) in [6.45, 7) is 3.63. The molecule has 1 amide bonds. The fourth-order valence-corrected chi connectivity index (χ4v) is 2.58. The van der Waals surface area contributed by atoms with Crippen molar-refractivity contribution in [3.63, 3.8) is 0 Å². The van der Waals surface area contributed by atoms with Crippen LogP contribution >= 0.6 is 0 Å². The van der Waals surface area contributed by atoms with E-state index in [0.29, 0.717) is 11.3 Å². The Morgan fingerprint density at radius 3 is 1.49 bits per heavy atom. The summed E-state index contributed by atoms with van der Waals surface area (Å²) in [7, 11) is -4.67. The lowest BCUT2D eigenvalue weighted by Crippen LogP contribution is -2.19. The molecule has 12 heteroatoms. The van der Waals surface area contributed by atoms with Crippen LogP contribution in [-0.2, 0) is 10.4 Å². The van der Waals surface area contributed by atoms with Crippen LogP contribution in [0, 0.1) is 0 Å². The molecule has 11 nitrogen and oxygen atoms in total. The van der Waals surface area contributed by atoms with E-state index in [1.54, 1.807) is 79.7 Å². The Kier molecular flexibility index (Phi) is 9.46. The smallest absolute Gasteiger partial charge is 0.394 e. The number of amides is 1. The van der Waals surface area contributed by atoms with Crippen LogP contribution in [0.1, 0.15) is 35.3 Å². The first kappa shape index (κ1) is 27.0. The molecule has 184 valence electrons. The van der Waals surface area contributed by atoms with Gasteiger partial charge in [0, 0.05) is 5.56 Å². The minimum atomic E-state index is -4.67. The molecule has 0 heterocycles. The third-order valence-electron chi connectivity index (χ3n) is 4.40. The average molecular weight is 501 g/mol. The molecule has 0 radical (unpaired) electrons. The number of nitrogens with zero attached hydrogens (tertiary/aromatic N) is 2. The molecule has 0 bridgehead atoms. The molecule has 0 spiro atoms. The molecule has 0 aromatic heterocycles. The second-order valence-electron chi connectivity index (χ2n) is 7.07. The topological polar surface area (TPSA) is 181 Å². The van der Waals surface area contributed by atoms with Crippen molar-refractivity contribution in [2.24, 2.45) is 10.2 Å². The quantitative estimate of drug-likeness (QED) is 0.169. The number of hydrazone groups is 2. The number of carbonyl (C=O) groups excluding carboxylic acids is 1. The second-order valence-corrected chi connectivity index (χ2v) is 7.96. The normalized spacial score (nSPS) is 11.8. The molecule has 0 atom stereocenters. The van der Waals surface area contributed by atoms with Crippen molar-refractivity contribution >= 4 is 33.4 Å². The molecule has 35 heavy (non-hydrogen) atoms. The van der Waals surface area contributed by atoms with Crippen LogP contribution in [-0.4, -0.2) is 45.1 Å². The Labute approximate surface area is 202 Å². The predicted molar refractivity (Wildman–Crippen MR) is 132 cm³/mol. The van der Waals surface area contributed by atoms with Crippen molar-refractivity contribution in [3.8, 4) is 11.5 Å².